The lowest BCUT2D eigenvalue weighted by Crippen LogP contribution is -2.15. The topological polar surface area (TPSA) is 74.8 Å². The maximum absolute atomic E-state index is 12.3. The minimum absolute atomic E-state index is 0.203. The quantitative estimate of drug-likeness (QED) is 0.896. The molecule has 1 heterocycles. The molecule has 0 radical (unpaired) electrons. The summed E-state index contributed by atoms with van der Waals surface area (Å²) >= 11 is 3.28. The number of aryl methyl sites for hydroxylation is 2. The van der Waals surface area contributed by atoms with E-state index in [9.17, 15) is 8.42 Å². The minimum Gasteiger partial charge on any atom is -0.263 e. The van der Waals surface area contributed by atoms with Crippen LogP contribution in [0.5, 0.6) is 0 Å². The number of aromatic nitrogens is 2. The van der Waals surface area contributed by atoms with E-state index >= 15 is 0 Å². The van der Waals surface area contributed by atoms with Crippen molar-refractivity contribution in [2.45, 2.75) is 25.2 Å². The molecule has 0 spiro atoms. The molecule has 0 aliphatic carbocycles. The Bertz CT molecular complexity index is 695. The lowest BCUT2D eigenvalue weighted by Gasteiger charge is -2.09. The van der Waals surface area contributed by atoms with Crippen molar-refractivity contribution in [3.63, 3.8) is 0 Å². The Hall–Kier alpha value is -1.34. The van der Waals surface area contributed by atoms with Gasteiger partial charge in [-0.3, -0.25) is 9.82 Å². The molecule has 2 aromatic rings. The molecule has 1 aromatic heterocycles. The minimum atomic E-state index is -3.63. The van der Waals surface area contributed by atoms with Gasteiger partial charge in [0, 0.05) is 10.0 Å². The number of sulfonamides is 1. The molecular formula is C12H14BrN3O2S. The molecule has 5 nitrogen and oxygen atoms in total. The monoisotopic (exact) mass is 343 g/mol. The van der Waals surface area contributed by atoms with Gasteiger partial charge in [0.25, 0.3) is 10.0 Å². The molecule has 19 heavy (non-hydrogen) atoms. The molecule has 0 saturated heterocycles. The summed E-state index contributed by atoms with van der Waals surface area (Å²) in [5.74, 6) is 0.412. The lowest BCUT2D eigenvalue weighted by molar-refractivity contribution is 0.600. The van der Waals surface area contributed by atoms with Gasteiger partial charge in [-0.2, -0.15) is 5.10 Å². The molecule has 0 aliphatic rings. The van der Waals surface area contributed by atoms with Crippen molar-refractivity contribution in [3.8, 4) is 0 Å². The van der Waals surface area contributed by atoms with Gasteiger partial charge in [-0.1, -0.05) is 13.0 Å². The molecule has 0 bridgehead atoms. The van der Waals surface area contributed by atoms with Crippen LogP contribution in [0.15, 0.2) is 33.8 Å². The van der Waals surface area contributed by atoms with E-state index in [1.54, 1.807) is 24.4 Å². The Morgan fingerprint density at radius 2 is 2.16 bits per heavy atom. The number of halogens is 1. The largest absolute Gasteiger partial charge is 0.264 e. The summed E-state index contributed by atoms with van der Waals surface area (Å²) in [6, 6.07) is 5.10. The molecule has 102 valence electrons. The molecule has 0 amide bonds. The number of nitrogens with one attached hydrogen (secondary N) is 2. The van der Waals surface area contributed by atoms with Crippen LogP contribution in [-0.2, 0) is 16.4 Å². The van der Waals surface area contributed by atoms with Crippen LogP contribution in [0.25, 0.3) is 0 Å². The number of H-pyrrole nitrogens is 1. The van der Waals surface area contributed by atoms with Crippen molar-refractivity contribution in [2.75, 3.05) is 4.72 Å². The maximum Gasteiger partial charge on any atom is 0.264 e. The molecule has 0 aliphatic heterocycles. The number of nitrogens with zero attached hydrogens (tertiary/aromatic N) is 1. The summed E-state index contributed by atoms with van der Waals surface area (Å²) in [6.07, 6.45) is 2.31. The molecule has 7 heteroatoms. The van der Waals surface area contributed by atoms with Crippen molar-refractivity contribution in [2.24, 2.45) is 0 Å². The van der Waals surface area contributed by atoms with Gasteiger partial charge in [-0.15, -0.1) is 0 Å². The lowest BCUT2D eigenvalue weighted by atomic mass is 10.2. The van der Waals surface area contributed by atoms with E-state index in [1.165, 1.54) is 0 Å². The van der Waals surface area contributed by atoms with Gasteiger partial charge in [0.15, 0.2) is 0 Å². The van der Waals surface area contributed by atoms with Crippen LogP contribution in [0.2, 0.25) is 0 Å². The van der Waals surface area contributed by atoms with Crippen molar-refractivity contribution in [1.82, 2.24) is 10.2 Å². The highest BCUT2D eigenvalue weighted by Crippen LogP contribution is 2.25. The highest BCUT2D eigenvalue weighted by atomic mass is 79.9. The fourth-order valence-electron chi connectivity index (χ4n) is 1.68. The summed E-state index contributed by atoms with van der Waals surface area (Å²) in [6.45, 7) is 3.84. The van der Waals surface area contributed by atoms with E-state index in [0.717, 1.165) is 11.1 Å². The van der Waals surface area contributed by atoms with Crippen LogP contribution < -0.4 is 4.72 Å². The zero-order valence-corrected chi connectivity index (χ0v) is 13.0. The summed E-state index contributed by atoms with van der Waals surface area (Å²) in [7, 11) is -3.63. The second-order valence-corrected chi connectivity index (χ2v) is 6.67. The molecule has 0 saturated carbocycles. The molecule has 1 aromatic carbocycles. The van der Waals surface area contributed by atoms with Gasteiger partial charge >= 0.3 is 0 Å². The van der Waals surface area contributed by atoms with Crippen molar-refractivity contribution < 1.29 is 8.42 Å². The molecule has 0 unspecified atom stereocenters. The third kappa shape index (κ3) is 2.98. The smallest absolute Gasteiger partial charge is 0.263 e. The van der Waals surface area contributed by atoms with E-state index in [1.807, 2.05) is 13.8 Å². The predicted octanol–water partition coefficient (Wildman–Crippen LogP) is 2.84. The first-order valence-corrected chi connectivity index (χ1v) is 8.03. The van der Waals surface area contributed by atoms with Crippen LogP contribution in [0.4, 0.5) is 5.82 Å². The van der Waals surface area contributed by atoms with Gasteiger partial charge in [-0.05, 0) is 47.0 Å². The van der Waals surface area contributed by atoms with E-state index in [-0.39, 0.29) is 4.90 Å². The maximum atomic E-state index is 12.3. The number of hydrogen-bond acceptors (Lipinski definition) is 3. The third-order valence-electron chi connectivity index (χ3n) is 2.71. The average molecular weight is 344 g/mol. The van der Waals surface area contributed by atoms with E-state index in [4.69, 9.17) is 0 Å². The second-order valence-electron chi connectivity index (χ2n) is 4.16. The van der Waals surface area contributed by atoms with Gasteiger partial charge in [0.05, 0.1) is 6.20 Å². The molecule has 2 N–H and O–H groups in total. The Labute approximate surface area is 120 Å². The highest BCUT2D eigenvalue weighted by molar-refractivity contribution is 9.10. The van der Waals surface area contributed by atoms with Crippen LogP contribution in [0.3, 0.4) is 0 Å². The van der Waals surface area contributed by atoms with Gasteiger partial charge in [0.1, 0.15) is 10.7 Å². The zero-order chi connectivity index (χ0) is 14.0. The summed E-state index contributed by atoms with van der Waals surface area (Å²) in [5.41, 5.74) is 1.81. The first-order chi connectivity index (χ1) is 8.94. The van der Waals surface area contributed by atoms with Crippen molar-refractivity contribution in [1.29, 1.82) is 0 Å². The fraction of sp³-hybridized carbons (Fsp3) is 0.250. The number of anilines is 1. The van der Waals surface area contributed by atoms with Crippen LogP contribution >= 0.6 is 15.9 Å². The predicted molar refractivity (Wildman–Crippen MR) is 77.7 cm³/mol. The molecular weight excluding hydrogens is 330 g/mol. The molecule has 2 rings (SSSR count). The zero-order valence-electron chi connectivity index (χ0n) is 10.6. The van der Waals surface area contributed by atoms with Gasteiger partial charge in [-0.25, -0.2) is 8.42 Å². The highest BCUT2D eigenvalue weighted by Gasteiger charge is 2.19. The average Bonchev–Trinajstić information content (AvgIpc) is 2.74. The Morgan fingerprint density at radius 3 is 2.79 bits per heavy atom. The number of rotatable bonds is 4. The van der Waals surface area contributed by atoms with Gasteiger partial charge < -0.3 is 0 Å². The van der Waals surface area contributed by atoms with Gasteiger partial charge in [0.2, 0.25) is 0 Å². The molecule has 0 atom stereocenters. The number of benzene rings is 1. The molecule has 0 fully saturated rings. The Balaban J connectivity index is 2.38. The van der Waals surface area contributed by atoms with Crippen molar-refractivity contribution in [3.05, 3.63) is 40.0 Å². The summed E-state index contributed by atoms with van der Waals surface area (Å²) in [5, 5.41) is 6.50. The van der Waals surface area contributed by atoms with E-state index in [0.29, 0.717) is 16.7 Å². The fourth-order valence-corrected chi connectivity index (χ4v) is 3.93. The second kappa shape index (κ2) is 5.34. The standard InChI is InChI=1S/C12H14BrN3O2S/c1-3-9-7-14-15-12(9)16-19(17,18)11-5-4-8(2)6-10(11)13/h4-7H,3H2,1-2H3,(H2,14,15,16). The number of hydrogen-bond donors (Lipinski definition) is 2. The summed E-state index contributed by atoms with van der Waals surface area (Å²) in [4.78, 5) is 0.203. The third-order valence-corrected chi connectivity index (χ3v) is 5.04. The van der Waals surface area contributed by atoms with Crippen LogP contribution in [-0.4, -0.2) is 18.6 Å². The van der Waals surface area contributed by atoms with E-state index < -0.39 is 10.0 Å². The number of aromatic amines is 1. The van der Waals surface area contributed by atoms with Crippen LogP contribution in [0.1, 0.15) is 18.1 Å². The summed E-state index contributed by atoms with van der Waals surface area (Å²) < 4.78 is 27.7. The Kier molecular flexibility index (Phi) is 3.96. The van der Waals surface area contributed by atoms with Crippen molar-refractivity contribution >= 4 is 31.8 Å². The first-order valence-electron chi connectivity index (χ1n) is 5.75. The normalized spacial score (nSPS) is 11.5. The Morgan fingerprint density at radius 1 is 1.42 bits per heavy atom. The van der Waals surface area contributed by atoms with E-state index in [2.05, 4.69) is 30.8 Å². The first kappa shape index (κ1) is 14.1. The SMILES string of the molecule is CCc1cn[nH]c1NS(=O)(=O)c1ccc(C)cc1Br. The van der Waals surface area contributed by atoms with Crippen LogP contribution in [0, 0.1) is 6.92 Å².